The summed E-state index contributed by atoms with van der Waals surface area (Å²) >= 11 is 5.99. The molecule has 3 aliphatic rings. The molecule has 3 aliphatic carbocycles. The number of Topliss-reactive ketones (excluding diaryl/α,β-unsaturated/α-hetero) is 1. The van der Waals surface area contributed by atoms with E-state index in [9.17, 15) is 4.79 Å². The molecule has 0 aliphatic heterocycles. The van der Waals surface area contributed by atoms with Crippen LogP contribution in [0.3, 0.4) is 0 Å². The van der Waals surface area contributed by atoms with Crippen LogP contribution in [0.1, 0.15) is 35.2 Å². The zero-order valence-electron chi connectivity index (χ0n) is 10.2. The normalized spacial score (nSPS) is 36.4. The molecule has 0 N–H and O–H groups in total. The molecule has 3 unspecified atom stereocenters. The molecular formula is C16H15ClO. The average Bonchev–Trinajstić information content (AvgIpc) is 2.91. The van der Waals surface area contributed by atoms with E-state index >= 15 is 0 Å². The second-order valence-electron chi connectivity index (χ2n) is 6.13. The van der Waals surface area contributed by atoms with E-state index < -0.39 is 0 Å². The zero-order valence-corrected chi connectivity index (χ0v) is 10.9. The van der Waals surface area contributed by atoms with Crippen LogP contribution in [-0.4, -0.2) is 5.78 Å². The minimum absolute atomic E-state index is 0.220. The minimum Gasteiger partial charge on any atom is -0.294 e. The first-order chi connectivity index (χ1) is 8.66. The average molecular weight is 259 g/mol. The van der Waals surface area contributed by atoms with Crippen LogP contribution >= 0.6 is 11.6 Å². The van der Waals surface area contributed by atoms with Crippen LogP contribution in [0.4, 0.5) is 0 Å². The van der Waals surface area contributed by atoms with Crippen LogP contribution in [0.5, 0.6) is 0 Å². The Balaban J connectivity index is 1.79. The number of allylic oxidation sites excluding steroid dienone is 2. The molecule has 1 fully saturated rings. The van der Waals surface area contributed by atoms with Gasteiger partial charge in [0, 0.05) is 17.0 Å². The Labute approximate surface area is 112 Å². The molecule has 4 rings (SSSR count). The molecule has 1 aromatic carbocycles. The maximum Gasteiger partial charge on any atom is 0.163 e. The predicted octanol–water partition coefficient (Wildman–Crippen LogP) is 4.05. The summed E-state index contributed by atoms with van der Waals surface area (Å²) in [5, 5.41) is 0.672. The fourth-order valence-corrected chi connectivity index (χ4v) is 4.45. The third-order valence-corrected chi connectivity index (χ3v) is 5.29. The van der Waals surface area contributed by atoms with Crippen LogP contribution in [0, 0.1) is 17.3 Å². The van der Waals surface area contributed by atoms with E-state index in [0.29, 0.717) is 23.1 Å². The summed E-state index contributed by atoms with van der Waals surface area (Å²) in [5.74, 6) is 1.63. The van der Waals surface area contributed by atoms with E-state index in [1.807, 2.05) is 18.2 Å². The van der Waals surface area contributed by atoms with Gasteiger partial charge in [0.15, 0.2) is 5.78 Å². The van der Waals surface area contributed by atoms with Gasteiger partial charge in [-0.2, -0.15) is 0 Å². The fourth-order valence-electron chi connectivity index (χ4n) is 4.28. The van der Waals surface area contributed by atoms with Crippen molar-refractivity contribution in [2.75, 3.05) is 0 Å². The van der Waals surface area contributed by atoms with Gasteiger partial charge in [0.1, 0.15) is 0 Å². The SMILES string of the molecule is O=C1CC2(Cc3ccc(Cl)cc31)CC1C=CC2C1. The van der Waals surface area contributed by atoms with Crippen molar-refractivity contribution < 1.29 is 4.79 Å². The Bertz CT molecular complexity index is 574. The van der Waals surface area contributed by atoms with Crippen molar-refractivity contribution in [3.63, 3.8) is 0 Å². The van der Waals surface area contributed by atoms with Crippen LogP contribution < -0.4 is 0 Å². The van der Waals surface area contributed by atoms with Crippen molar-refractivity contribution in [2.45, 2.75) is 25.7 Å². The molecule has 0 amide bonds. The third-order valence-electron chi connectivity index (χ3n) is 5.06. The highest BCUT2D eigenvalue weighted by atomic mass is 35.5. The maximum absolute atomic E-state index is 12.4. The highest BCUT2D eigenvalue weighted by Crippen LogP contribution is 2.57. The monoisotopic (exact) mass is 258 g/mol. The third kappa shape index (κ3) is 1.37. The van der Waals surface area contributed by atoms with Gasteiger partial charge in [0.05, 0.1) is 0 Å². The second-order valence-corrected chi connectivity index (χ2v) is 6.57. The largest absolute Gasteiger partial charge is 0.294 e. The lowest BCUT2D eigenvalue weighted by Gasteiger charge is -2.39. The minimum atomic E-state index is 0.220. The predicted molar refractivity (Wildman–Crippen MR) is 71.9 cm³/mol. The molecule has 1 saturated carbocycles. The second kappa shape index (κ2) is 3.48. The van der Waals surface area contributed by atoms with E-state index in [1.165, 1.54) is 18.4 Å². The molecule has 18 heavy (non-hydrogen) atoms. The van der Waals surface area contributed by atoms with Crippen molar-refractivity contribution >= 4 is 17.4 Å². The Hall–Kier alpha value is -1.08. The first-order valence-corrected chi connectivity index (χ1v) is 7.04. The van der Waals surface area contributed by atoms with Gasteiger partial charge in [-0.1, -0.05) is 29.8 Å². The maximum atomic E-state index is 12.4. The van der Waals surface area contributed by atoms with Crippen molar-refractivity contribution in [1.82, 2.24) is 0 Å². The number of hydrogen-bond donors (Lipinski definition) is 0. The Morgan fingerprint density at radius 1 is 1.22 bits per heavy atom. The van der Waals surface area contributed by atoms with Crippen LogP contribution in [0.2, 0.25) is 5.02 Å². The van der Waals surface area contributed by atoms with Crippen molar-refractivity contribution in [3.05, 3.63) is 46.5 Å². The van der Waals surface area contributed by atoms with E-state index in [-0.39, 0.29) is 5.41 Å². The number of benzene rings is 1. The van der Waals surface area contributed by atoms with Gasteiger partial charge in [0.2, 0.25) is 0 Å². The van der Waals surface area contributed by atoms with Crippen molar-refractivity contribution in [1.29, 1.82) is 0 Å². The van der Waals surface area contributed by atoms with Crippen LogP contribution in [0.25, 0.3) is 0 Å². The first-order valence-electron chi connectivity index (χ1n) is 6.66. The molecule has 1 spiro atoms. The Morgan fingerprint density at radius 2 is 2.11 bits per heavy atom. The number of rotatable bonds is 0. The first kappa shape index (κ1) is 10.8. The van der Waals surface area contributed by atoms with Gasteiger partial charge in [-0.15, -0.1) is 0 Å². The lowest BCUT2D eigenvalue weighted by molar-refractivity contribution is 0.0848. The van der Waals surface area contributed by atoms with Gasteiger partial charge in [-0.05, 0) is 54.2 Å². The molecule has 2 bridgehead atoms. The van der Waals surface area contributed by atoms with E-state index in [1.54, 1.807) is 0 Å². The number of ketones is 1. The molecule has 1 aromatic rings. The molecule has 0 radical (unpaired) electrons. The van der Waals surface area contributed by atoms with Gasteiger partial charge >= 0.3 is 0 Å². The van der Waals surface area contributed by atoms with Gasteiger partial charge in [0.25, 0.3) is 0 Å². The Kier molecular flexibility index (Phi) is 2.09. The van der Waals surface area contributed by atoms with Gasteiger partial charge in [-0.3, -0.25) is 4.79 Å². The molecule has 1 nitrogen and oxygen atoms in total. The number of halogens is 1. The number of carbonyl (C=O) groups is 1. The number of carbonyl (C=O) groups excluding carboxylic acids is 1. The summed E-state index contributed by atoms with van der Waals surface area (Å²) in [7, 11) is 0. The van der Waals surface area contributed by atoms with E-state index in [4.69, 9.17) is 11.6 Å². The van der Waals surface area contributed by atoms with Crippen molar-refractivity contribution in [2.24, 2.45) is 17.3 Å². The number of fused-ring (bicyclic) bond motifs is 4. The molecule has 0 saturated heterocycles. The standard InChI is InChI=1S/C16H15ClO/c17-13-4-2-11-8-16(9-15(18)14(11)6-13)7-10-1-3-12(16)5-10/h1-4,6,10,12H,5,7-9H2. The summed E-state index contributed by atoms with van der Waals surface area (Å²) in [6.45, 7) is 0. The lowest BCUT2D eigenvalue weighted by atomic mass is 9.64. The summed E-state index contributed by atoms with van der Waals surface area (Å²) in [6.07, 6.45) is 8.92. The quantitative estimate of drug-likeness (QED) is 0.642. The van der Waals surface area contributed by atoms with Gasteiger partial charge in [-0.25, -0.2) is 0 Å². The summed E-state index contributed by atoms with van der Waals surface area (Å²) in [5.41, 5.74) is 2.29. The zero-order chi connectivity index (χ0) is 12.3. The topological polar surface area (TPSA) is 17.1 Å². The molecule has 92 valence electrons. The van der Waals surface area contributed by atoms with Crippen LogP contribution in [-0.2, 0) is 6.42 Å². The highest BCUT2D eigenvalue weighted by molar-refractivity contribution is 6.31. The molecule has 3 atom stereocenters. The Morgan fingerprint density at radius 3 is 2.83 bits per heavy atom. The molecule has 0 heterocycles. The van der Waals surface area contributed by atoms with Crippen molar-refractivity contribution in [3.8, 4) is 0 Å². The van der Waals surface area contributed by atoms with E-state index in [2.05, 4.69) is 12.2 Å². The smallest absolute Gasteiger partial charge is 0.163 e. The van der Waals surface area contributed by atoms with Crippen LogP contribution in [0.15, 0.2) is 30.4 Å². The van der Waals surface area contributed by atoms with E-state index in [0.717, 1.165) is 17.9 Å². The highest BCUT2D eigenvalue weighted by Gasteiger charge is 2.51. The summed E-state index contributed by atoms with van der Waals surface area (Å²) < 4.78 is 0. The molecule has 2 heteroatoms. The summed E-state index contributed by atoms with van der Waals surface area (Å²) in [6, 6.07) is 5.80. The summed E-state index contributed by atoms with van der Waals surface area (Å²) in [4.78, 5) is 12.4. The number of hydrogen-bond acceptors (Lipinski definition) is 1. The lowest BCUT2D eigenvalue weighted by Crippen LogP contribution is -2.35. The fraction of sp³-hybridized carbons (Fsp3) is 0.438. The van der Waals surface area contributed by atoms with Gasteiger partial charge < -0.3 is 0 Å². The molecule has 0 aromatic heterocycles. The molecular weight excluding hydrogens is 244 g/mol.